The van der Waals surface area contributed by atoms with E-state index in [0.717, 1.165) is 4.90 Å². The monoisotopic (exact) mass is 318 g/mol. The van der Waals surface area contributed by atoms with Crippen LogP contribution in [0.3, 0.4) is 0 Å². The van der Waals surface area contributed by atoms with Crippen LogP contribution < -0.4 is 10.1 Å². The van der Waals surface area contributed by atoms with Gasteiger partial charge in [0, 0.05) is 18.2 Å². The van der Waals surface area contributed by atoms with Crippen LogP contribution in [0.2, 0.25) is 0 Å². The van der Waals surface area contributed by atoms with Gasteiger partial charge in [0.25, 0.3) is 0 Å². The molecule has 2 rings (SSSR count). The minimum absolute atomic E-state index is 0.187. The molecule has 0 bridgehead atoms. The molecule has 7 heteroatoms. The molecular weight excluding hydrogens is 300 g/mol. The van der Waals surface area contributed by atoms with E-state index in [2.05, 4.69) is 5.32 Å². The molecule has 1 N–H and O–H groups in total. The van der Waals surface area contributed by atoms with E-state index in [1.54, 1.807) is 31.2 Å². The van der Waals surface area contributed by atoms with Crippen molar-refractivity contribution in [2.75, 3.05) is 14.2 Å². The van der Waals surface area contributed by atoms with E-state index >= 15 is 0 Å². The maximum atomic E-state index is 12.3. The summed E-state index contributed by atoms with van der Waals surface area (Å²) in [5, 5.41) is 2.52. The molecule has 7 nitrogen and oxygen atoms in total. The molecule has 0 spiro atoms. The third kappa shape index (κ3) is 2.90. The van der Waals surface area contributed by atoms with Crippen molar-refractivity contribution in [3.63, 3.8) is 0 Å². The largest absolute Gasteiger partial charge is 0.496 e. The molecule has 1 aromatic carbocycles. The molecule has 0 fully saturated rings. The number of hydrogen-bond donors (Lipinski definition) is 1. The second-order valence-corrected chi connectivity index (χ2v) is 4.99. The number of amides is 3. The van der Waals surface area contributed by atoms with E-state index in [0.29, 0.717) is 17.0 Å². The number of allylic oxidation sites excluding steroid dienone is 1. The van der Waals surface area contributed by atoms with Crippen LogP contribution in [-0.2, 0) is 14.3 Å². The van der Waals surface area contributed by atoms with Crippen molar-refractivity contribution in [3.8, 4) is 5.75 Å². The molecule has 23 heavy (non-hydrogen) atoms. The molecule has 1 atom stereocenters. The second-order valence-electron chi connectivity index (χ2n) is 4.99. The minimum Gasteiger partial charge on any atom is -0.496 e. The van der Waals surface area contributed by atoms with Crippen molar-refractivity contribution in [1.82, 2.24) is 10.2 Å². The molecule has 0 saturated carbocycles. The predicted octanol–water partition coefficient (Wildman–Crippen LogP) is 1.76. The molecular formula is C16H18N2O5. The van der Waals surface area contributed by atoms with Crippen LogP contribution >= 0.6 is 0 Å². The Labute approximate surface area is 133 Å². The van der Waals surface area contributed by atoms with Crippen LogP contribution in [0.5, 0.6) is 5.75 Å². The van der Waals surface area contributed by atoms with Crippen LogP contribution in [0.4, 0.5) is 4.79 Å². The van der Waals surface area contributed by atoms with Crippen molar-refractivity contribution in [1.29, 1.82) is 0 Å². The molecule has 1 aromatic rings. The topological polar surface area (TPSA) is 84.9 Å². The highest BCUT2D eigenvalue weighted by molar-refractivity contribution is 6.01. The first-order valence-electron chi connectivity index (χ1n) is 6.95. The summed E-state index contributed by atoms with van der Waals surface area (Å²) in [6, 6.07) is 5.40. The number of ether oxygens (including phenoxy) is 2. The molecule has 0 aliphatic carbocycles. The van der Waals surface area contributed by atoms with Crippen LogP contribution in [0, 0.1) is 0 Å². The highest BCUT2D eigenvalue weighted by atomic mass is 16.5. The van der Waals surface area contributed by atoms with Gasteiger partial charge in [-0.15, -0.1) is 0 Å². The molecule has 0 unspecified atom stereocenters. The Morgan fingerprint density at radius 1 is 1.22 bits per heavy atom. The van der Waals surface area contributed by atoms with Gasteiger partial charge in [0.2, 0.25) is 5.91 Å². The van der Waals surface area contributed by atoms with Crippen molar-refractivity contribution < 1.29 is 23.9 Å². The number of carbonyl (C=O) groups is 3. The lowest BCUT2D eigenvalue weighted by atomic mass is 9.93. The molecule has 0 radical (unpaired) electrons. The first-order chi connectivity index (χ1) is 10.9. The van der Waals surface area contributed by atoms with E-state index in [9.17, 15) is 14.4 Å². The molecule has 1 aliphatic rings. The molecule has 0 saturated heterocycles. The Morgan fingerprint density at radius 2 is 1.87 bits per heavy atom. The molecule has 0 aromatic heterocycles. The zero-order valence-corrected chi connectivity index (χ0v) is 13.4. The maximum absolute atomic E-state index is 12.3. The van der Waals surface area contributed by atoms with Gasteiger partial charge in [-0.25, -0.2) is 9.59 Å². The predicted molar refractivity (Wildman–Crippen MR) is 81.5 cm³/mol. The first-order valence-corrected chi connectivity index (χ1v) is 6.95. The standard InChI is InChI=1S/C16H18N2O5/c1-9-13(15(20)23-4)14(18(10(2)19)16(21)17-9)11-7-5-6-8-12(11)22-3/h5-8,14H,1-4H3,(H,17,21)/t14-/m1/s1. The van der Waals surface area contributed by atoms with Crippen molar-refractivity contribution in [2.45, 2.75) is 19.9 Å². The third-order valence-electron chi connectivity index (χ3n) is 3.63. The highest BCUT2D eigenvalue weighted by Gasteiger charge is 2.41. The van der Waals surface area contributed by atoms with Crippen LogP contribution in [-0.4, -0.2) is 37.0 Å². The number of urea groups is 1. The zero-order chi connectivity index (χ0) is 17.1. The summed E-state index contributed by atoms with van der Waals surface area (Å²) < 4.78 is 10.1. The van der Waals surface area contributed by atoms with E-state index in [1.165, 1.54) is 21.1 Å². The number of imide groups is 1. The summed E-state index contributed by atoms with van der Waals surface area (Å²) in [5.41, 5.74) is 1.06. The normalized spacial score (nSPS) is 17.7. The van der Waals surface area contributed by atoms with Crippen molar-refractivity contribution >= 4 is 17.9 Å². The number of benzene rings is 1. The minimum atomic E-state index is -0.912. The lowest BCUT2D eigenvalue weighted by Crippen LogP contribution is -2.50. The summed E-state index contributed by atoms with van der Waals surface area (Å²) in [4.78, 5) is 37.5. The number of methoxy groups -OCH3 is 2. The van der Waals surface area contributed by atoms with Crippen LogP contribution in [0.1, 0.15) is 25.5 Å². The van der Waals surface area contributed by atoms with Gasteiger partial charge in [0.15, 0.2) is 0 Å². The highest BCUT2D eigenvalue weighted by Crippen LogP contribution is 2.38. The molecule has 122 valence electrons. The van der Waals surface area contributed by atoms with Gasteiger partial charge in [-0.3, -0.25) is 9.69 Å². The third-order valence-corrected chi connectivity index (χ3v) is 3.63. The number of hydrogen-bond acceptors (Lipinski definition) is 5. The summed E-state index contributed by atoms with van der Waals surface area (Å²) in [6.07, 6.45) is 0. The summed E-state index contributed by atoms with van der Waals surface area (Å²) >= 11 is 0. The smallest absolute Gasteiger partial charge is 0.337 e. The fourth-order valence-corrected chi connectivity index (χ4v) is 2.63. The number of para-hydroxylation sites is 1. The average molecular weight is 318 g/mol. The Hall–Kier alpha value is -2.83. The fourth-order valence-electron chi connectivity index (χ4n) is 2.63. The molecule has 3 amide bonds. The molecule has 1 aliphatic heterocycles. The second kappa shape index (κ2) is 6.51. The van der Waals surface area contributed by atoms with E-state index in [4.69, 9.17) is 9.47 Å². The lowest BCUT2D eigenvalue weighted by molar-refractivity contribution is -0.137. The van der Waals surface area contributed by atoms with Gasteiger partial charge >= 0.3 is 12.0 Å². The van der Waals surface area contributed by atoms with Gasteiger partial charge in [-0.2, -0.15) is 0 Å². The number of rotatable bonds is 3. The van der Waals surface area contributed by atoms with E-state index in [-0.39, 0.29) is 5.57 Å². The summed E-state index contributed by atoms with van der Waals surface area (Å²) in [7, 11) is 2.73. The Kier molecular flexibility index (Phi) is 4.68. The number of nitrogens with one attached hydrogen (secondary N) is 1. The van der Waals surface area contributed by atoms with Gasteiger partial charge in [0.05, 0.1) is 19.8 Å². The number of nitrogens with zero attached hydrogens (tertiary/aromatic N) is 1. The van der Waals surface area contributed by atoms with E-state index < -0.39 is 23.9 Å². The quantitative estimate of drug-likeness (QED) is 0.858. The maximum Gasteiger partial charge on any atom is 0.337 e. The molecule has 1 heterocycles. The summed E-state index contributed by atoms with van der Waals surface area (Å²) in [6.45, 7) is 2.85. The SMILES string of the molecule is COC(=O)C1=C(C)NC(=O)N(C(C)=O)[C@@H]1c1ccccc1OC. The van der Waals surface area contributed by atoms with Gasteiger partial charge in [-0.1, -0.05) is 18.2 Å². The van der Waals surface area contributed by atoms with Crippen LogP contribution in [0.15, 0.2) is 35.5 Å². The Bertz CT molecular complexity index is 695. The first kappa shape index (κ1) is 16.5. The Balaban J connectivity index is 2.72. The van der Waals surface area contributed by atoms with Crippen LogP contribution in [0.25, 0.3) is 0 Å². The summed E-state index contributed by atoms with van der Waals surface area (Å²) in [5.74, 6) is -0.649. The fraction of sp³-hybridized carbons (Fsp3) is 0.312. The number of carbonyl (C=O) groups excluding carboxylic acids is 3. The van der Waals surface area contributed by atoms with Crippen molar-refractivity contribution in [3.05, 3.63) is 41.1 Å². The average Bonchev–Trinajstić information content (AvgIpc) is 2.52. The van der Waals surface area contributed by atoms with Gasteiger partial charge in [0.1, 0.15) is 11.8 Å². The van der Waals surface area contributed by atoms with Gasteiger partial charge < -0.3 is 14.8 Å². The Morgan fingerprint density at radius 3 is 2.43 bits per heavy atom. The lowest BCUT2D eigenvalue weighted by Gasteiger charge is -2.36. The zero-order valence-electron chi connectivity index (χ0n) is 13.4. The number of esters is 1. The van der Waals surface area contributed by atoms with E-state index in [1.807, 2.05) is 0 Å². The van der Waals surface area contributed by atoms with Crippen molar-refractivity contribution in [2.24, 2.45) is 0 Å². The van der Waals surface area contributed by atoms with Gasteiger partial charge in [-0.05, 0) is 13.0 Å².